The lowest BCUT2D eigenvalue weighted by molar-refractivity contribution is 0.0938. The number of Topliss-reactive ketones (excluding diaryl/α,β-unsaturated/α-hetero) is 1. The van der Waals surface area contributed by atoms with Crippen LogP contribution in [0.25, 0.3) is 5.82 Å². The second kappa shape index (κ2) is 4.91. The molecule has 0 fully saturated rings. The van der Waals surface area contributed by atoms with Gasteiger partial charge in [0.1, 0.15) is 0 Å². The number of hydrogen-bond donors (Lipinski definition) is 0. The van der Waals surface area contributed by atoms with Gasteiger partial charge in [0.15, 0.2) is 17.4 Å². The fourth-order valence-corrected chi connectivity index (χ4v) is 1.85. The summed E-state index contributed by atoms with van der Waals surface area (Å²) in [6.45, 7) is 7.06. The van der Waals surface area contributed by atoms with Crippen molar-refractivity contribution in [1.82, 2.24) is 14.8 Å². The normalized spacial score (nSPS) is 11.1. The van der Waals surface area contributed by atoms with Crippen LogP contribution in [0.2, 0.25) is 0 Å². The van der Waals surface area contributed by atoms with E-state index in [9.17, 15) is 9.18 Å². The molecule has 0 aliphatic heterocycles. The molecule has 0 saturated heterocycles. The van der Waals surface area contributed by atoms with Gasteiger partial charge in [0.2, 0.25) is 0 Å². The summed E-state index contributed by atoms with van der Waals surface area (Å²) >= 11 is 0. The Hall–Kier alpha value is -2.04. The number of aryl methyl sites for hydroxylation is 1. The third kappa shape index (κ3) is 2.28. The highest BCUT2D eigenvalue weighted by molar-refractivity contribution is 5.98. The molecule has 2 heterocycles. The summed E-state index contributed by atoms with van der Waals surface area (Å²) in [5, 5.41) is 4.08. The van der Waals surface area contributed by atoms with Crippen molar-refractivity contribution in [1.29, 1.82) is 0 Å². The summed E-state index contributed by atoms with van der Waals surface area (Å²) in [5.41, 5.74) is 1.62. The number of aromatic nitrogens is 3. The van der Waals surface area contributed by atoms with Gasteiger partial charge in [-0.2, -0.15) is 5.10 Å². The molecule has 2 aromatic heterocycles. The minimum Gasteiger partial charge on any atom is -0.294 e. The van der Waals surface area contributed by atoms with Crippen LogP contribution in [-0.2, 0) is 0 Å². The minimum absolute atomic E-state index is 0.00295. The predicted octanol–water partition coefficient (Wildman–Crippen LogP) is 2.86. The molecular formula is C14H16FN3O. The van der Waals surface area contributed by atoms with Crippen LogP contribution in [-0.4, -0.2) is 20.5 Å². The molecule has 0 unspecified atom stereocenters. The van der Waals surface area contributed by atoms with Gasteiger partial charge in [-0.05, 0) is 25.5 Å². The minimum atomic E-state index is -0.419. The third-order valence-corrected chi connectivity index (χ3v) is 3.06. The maximum atomic E-state index is 14.0. The van der Waals surface area contributed by atoms with Crippen molar-refractivity contribution in [3.8, 4) is 5.82 Å². The van der Waals surface area contributed by atoms with E-state index in [1.165, 1.54) is 17.1 Å². The molecule has 19 heavy (non-hydrogen) atoms. The lowest BCUT2D eigenvalue weighted by atomic mass is 10.0. The van der Waals surface area contributed by atoms with E-state index >= 15 is 0 Å². The first kappa shape index (κ1) is 13.4. The highest BCUT2D eigenvalue weighted by Crippen LogP contribution is 2.19. The van der Waals surface area contributed by atoms with Crippen LogP contribution in [0.1, 0.15) is 35.5 Å². The van der Waals surface area contributed by atoms with E-state index < -0.39 is 5.82 Å². The van der Waals surface area contributed by atoms with E-state index in [1.54, 1.807) is 19.9 Å². The molecule has 4 nitrogen and oxygen atoms in total. The summed E-state index contributed by atoms with van der Waals surface area (Å²) in [6.07, 6.45) is 3.00. The van der Waals surface area contributed by atoms with Crippen LogP contribution >= 0.6 is 0 Å². The zero-order valence-corrected chi connectivity index (χ0v) is 11.4. The second-order valence-electron chi connectivity index (χ2n) is 4.84. The SMILES string of the molecule is Cc1ccnc(-n2ncc(C(=O)C(C)C)c2C)c1F. The van der Waals surface area contributed by atoms with Crippen molar-refractivity contribution in [2.45, 2.75) is 27.7 Å². The molecule has 0 bridgehead atoms. The Balaban J connectivity index is 2.54. The Labute approximate surface area is 111 Å². The van der Waals surface area contributed by atoms with E-state index in [-0.39, 0.29) is 17.5 Å². The van der Waals surface area contributed by atoms with Gasteiger partial charge >= 0.3 is 0 Å². The van der Waals surface area contributed by atoms with Gasteiger partial charge in [0, 0.05) is 12.1 Å². The lowest BCUT2D eigenvalue weighted by Gasteiger charge is -2.07. The lowest BCUT2D eigenvalue weighted by Crippen LogP contribution is -2.10. The number of halogens is 1. The number of ketones is 1. The zero-order valence-electron chi connectivity index (χ0n) is 11.4. The van der Waals surface area contributed by atoms with E-state index in [1.807, 2.05) is 13.8 Å². The van der Waals surface area contributed by atoms with Crippen molar-refractivity contribution < 1.29 is 9.18 Å². The Kier molecular flexibility index (Phi) is 3.46. The van der Waals surface area contributed by atoms with Crippen LogP contribution in [0.15, 0.2) is 18.5 Å². The molecule has 0 spiro atoms. The molecule has 0 saturated carbocycles. The molecule has 5 heteroatoms. The van der Waals surface area contributed by atoms with Crippen LogP contribution < -0.4 is 0 Å². The van der Waals surface area contributed by atoms with Gasteiger partial charge < -0.3 is 0 Å². The molecule has 0 N–H and O–H groups in total. The maximum Gasteiger partial charge on any atom is 0.190 e. The number of carbonyl (C=O) groups is 1. The number of pyridine rings is 1. The quantitative estimate of drug-likeness (QED) is 0.798. The van der Waals surface area contributed by atoms with Crippen molar-refractivity contribution in [2.75, 3.05) is 0 Å². The van der Waals surface area contributed by atoms with Crippen molar-refractivity contribution in [3.63, 3.8) is 0 Å². The number of carbonyl (C=O) groups excluding carboxylic acids is 1. The highest BCUT2D eigenvalue weighted by atomic mass is 19.1. The van der Waals surface area contributed by atoms with Gasteiger partial charge in [0.05, 0.1) is 17.5 Å². The van der Waals surface area contributed by atoms with E-state index in [4.69, 9.17) is 0 Å². The fourth-order valence-electron chi connectivity index (χ4n) is 1.85. The van der Waals surface area contributed by atoms with Gasteiger partial charge in [-0.3, -0.25) is 4.79 Å². The van der Waals surface area contributed by atoms with Gasteiger partial charge in [-0.1, -0.05) is 13.8 Å². The first-order chi connectivity index (χ1) is 8.93. The Morgan fingerprint density at radius 1 is 1.37 bits per heavy atom. The van der Waals surface area contributed by atoms with Crippen LogP contribution in [0.4, 0.5) is 4.39 Å². The monoisotopic (exact) mass is 261 g/mol. The van der Waals surface area contributed by atoms with Crippen molar-refractivity contribution in [2.24, 2.45) is 5.92 Å². The molecule has 0 aliphatic carbocycles. The first-order valence-electron chi connectivity index (χ1n) is 6.13. The van der Waals surface area contributed by atoms with Gasteiger partial charge in [0.25, 0.3) is 0 Å². The Bertz CT molecular complexity index is 632. The number of nitrogens with zero attached hydrogens (tertiary/aromatic N) is 3. The van der Waals surface area contributed by atoms with E-state index in [0.29, 0.717) is 16.8 Å². The Morgan fingerprint density at radius 3 is 2.68 bits per heavy atom. The summed E-state index contributed by atoms with van der Waals surface area (Å²) < 4.78 is 15.4. The summed E-state index contributed by atoms with van der Waals surface area (Å²) in [4.78, 5) is 16.0. The molecular weight excluding hydrogens is 245 g/mol. The zero-order chi connectivity index (χ0) is 14.2. The highest BCUT2D eigenvalue weighted by Gasteiger charge is 2.20. The number of rotatable bonds is 3. The summed E-state index contributed by atoms with van der Waals surface area (Å²) in [5.74, 6) is -0.416. The Morgan fingerprint density at radius 2 is 2.05 bits per heavy atom. The van der Waals surface area contributed by atoms with E-state index in [0.717, 1.165) is 0 Å². The van der Waals surface area contributed by atoms with Gasteiger partial charge in [-0.15, -0.1) is 0 Å². The smallest absolute Gasteiger partial charge is 0.190 e. The maximum absolute atomic E-state index is 14.0. The number of hydrogen-bond acceptors (Lipinski definition) is 3. The molecule has 0 aliphatic rings. The van der Waals surface area contributed by atoms with Gasteiger partial charge in [-0.25, -0.2) is 14.1 Å². The molecule has 0 atom stereocenters. The molecule has 0 amide bonds. The predicted molar refractivity (Wildman–Crippen MR) is 70.0 cm³/mol. The largest absolute Gasteiger partial charge is 0.294 e. The molecule has 2 aromatic rings. The standard InChI is InChI=1S/C14H16FN3O/c1-8(2)13(19)11-7-17-18(10(11)4)14-12(15)9(3)5-6-16-14/h5-8H,1-4H3. The van der Waals surface area contributed by atoms with Crippen LogP contribution in [0.5, 0.6) is 0 Å². The second-order valence-corrected chi connectivity index (χ2v) is 4.84. The van der Waals surface area contributed by atoms with E-state index in [2.05, 4.69) is 10.1 Å². The summed E-state index contributed by atoms with van der Waals surface area (Å²) in [6, 6.07) is 1.60. The first-order valence-corrected chi connectivity index (χ1v) is 6.13. The van der Waals surface area contributed by atoms with Crippen LogP contribution in [0.3, 0.4) is 0 Å². The fraction of sp³-hybridized carbons (Fsp3) is 0.357. The molecule has 0 radical (unpaired) electrons. The van der Waals surface area contributed by atoms with Crippen molar-refractivity contribution >= 4 is 5.78 Å². The molecule has 2 rings (SSSR count). The average Bonchev–Trinajstić information content (AvgIpc) is 2.73. The average molecular weight is 261 g/mol. The topological polar surface area (TPSA) is 47.8 Å². The van der Waals surface area contributed by atoms with Crippen LogP contribution in [0, 0.1) is 25.6 Å². The van der Waals surface area contributed by atoms with Crippen molar-refractivity contribution in [3.05, 3.63) is 41.1 Å². The summed E-state index contributed by atoms with van der Waals surface area (Å²) in [7, 11) is 0. The third-order valence-electron chi connectivity index (χ3n) is 3.06. The molecule has 0 aromatic carbocycles. The molecule has 100 valence electrons.